The molecular formula is C14H27NO2S3. The molecule has 2 fully saturated rings. The third kappa shape index (κ3) is 4.67. The summed E-state index contributed by atoms with van der Waals surface area (Å²) in [6.07, 6.45) is 11.2. The van der Waals surface area contributed by atoms with Crippen molar-refractivity contribution in [2.24, 2.45) is 0 Å². The van der Waals surface area contributed by atoms with Gasteiger partial charge in [0.25, 0.3) is 0 Å². The normalized spacial score (nSPS) is 26.6. The van der Waals surface area contributed by atoms with Crippen LogP contribution in [0, 0.1) is 0 Å². The van der Waals surface area contributed by atoms with E-state index < -0.39 is 8.00 Å². The van der Waals surface area contributed by atoms with E-state index in [1.165, 1.54) is 25.7 Å². The second-order valence-corrected chi connectivity index (χ2v) is 15.0. The fourth-order valence-corrected chi connectivity index (χ4v) is 13.0. The number of hydrogen-bond acceptors (Lipinski definition) is 4. The van der Waals surface area contributed by atoms with Crippen LogP contribution in [-0.2, 0) is 12.8 Å². The number of carbonyl (C=O) groups is 1. The van der Waals surface area contributed by atoms with Crippen molar-refractivity contribution in [2.75, 3.05) is 6.54 Å². The van der Waals surface area contributed by atoms with Gasteiger partial charge in [-0.05, 0) is 40.9 Å². The monoisotopic (exact) mass is 337 g/mol. The molecule has 0 aromatic carbocycles. The largest absolute Gasteiger partial charge is 0.356 e. The Hall–Kier alpha value is 0.320. The van der Waals surface area contributed by atoms with Gasteiger partial charge in [-0.3, -0.25) is 9.00 Å². The molecule has 0 aliphatic carbocycles. The molecule has 2 aliphatic heterocycles. The molecule has 0 spiro atoms. The van der Waals surface area contributed by atoms with Crippen LogP contribution in [-0.4, -0.2) is 20.1 Å². The first-order chi connectivity index (χ1) is 9.62. The average Bonchev–Trinajstić information content (AvgIpc) is 3.17. The van der Waals surface area contributed by atoms with Crippen molar-refractivity contribution in [1.29, 1.82) is 0 Å². The van der Waals surface area contributed by atoms with Crippen molar-refractivity contribution in [1.82, 2.24) is 5.32 Å². The number of amides is 1. The smallest absolute Gasteiger partial charge is 0.219 e. The molecule has 0 aromatic heterocycles. The summed E-state index contributed by atoms with van der Waals surface area (Å²) in [5.74, 6) is 0.213. The maximum Gasteiger partial charge on any atom is 0.219 e. The van der Waals surface area contributed by atoms with Gasteiger partial charge >= 0.3 is 0 Å². The van der Waals surface area contributed by atoms with E-state index in [1.807, 2.05) is 0 Å². The van der Waals surface area contributed by atoms with Gasteiger partial charge in [0.15, 0.2) is 3.41 Å². The Labute approximate surface area is 131 Å². The predicted molar refractivity (Wildman–Crippen MR) is 92.3 cm³/mol. The van der Waals surface area contributed by atoms with Gasteiger partial charge in [-0.15, -0.1) is 0 Å². The number of fused-ring (bicyclic) bond motifs is 1. The molecule has 0 atom stereocenters. The van der Waals surface area contributed by atoms with Crippen molar-refractivity contribution in [3.8, 4) is 0 Å². The van der Waals surface area contributed by atoms with Crippen LogP contribution < -0.4 is 5.32 Å². The second-order valence-electron chi connectivity index (χ2n) is 5.72. The van der Waals surface area contributed by atoms with Gasteiger partial charge < -0.3 is 5.32 Å². The number of nitrogens with one attached hydrogen (secondary N) is 1. The zero-order valence-electron chi connectivity index (χ0n) is 12.4. The summed E-state index contributed by atoms with van der Waals surface area (Å²) in [7, 11) is 1.80. The van der Waals surface area contributed by atoms with Gasteiger partial charge in [0, 0.05) is 21.0 Å². The van der Waals surface area contributed by atoms with Crippen LogP contribution in [0.25, 0.3) is 0 Å². The Morgan fingerprint density at radius 3 is 2.25 bits per heavy atom. The molecule has 3 nitrogen and oxygen atoms in total. The molecule has 6 heteroatoms. The highest BCUT2D eigenvalue weighted by Gasteiger charge is 2.80. The van der Waals surface area contributed by atoms with E-state index >= 15 is 0 Å². The zero-order valence-corrected chi connectivity index (χ0v) is 14.9. The van der Waals surface area contributed by atoms with Crippen LogP contribution in [0.5, 0.6) is 0 Å². The minimum Gasteiger partial charge on any atom is -0.356 e. The molecule has 0 unspecified atom stereocenters. The molecule has 2 heterocycles. The van der Waals surface area contributed by atoms with Gasteiger partial charge in [-0.2, -0.15) is 0 Å². The molecule has 0 radical (unpaired) electrons. The lowest BCUT2D eigenvalue weighted by molar-refractivity contribution is -0.121. The molecule has 1 N–H and O–H groups in total. The van der Waals surface area contributed by atoms with Gasteiger partial charge in [0.1, 0.15) is 0 Å². The lowest BCUT2D eigenvalue weighted by Crippen LogP contribution is -2.23. The summed E-state index contributed by atoms with van der Waals surface area (Å²) in [4.78, 5) is 11.5. The topological polar surface area (TPSA) is 46.2 Å². The molecule has 2 saturated heterocycles. The highest BCUT2D eigenvalue weighted by molar-refractivity contribution is 9.38. The van der Waals surface area contributed by atoms with Crippen molar-refractivity contribution >= 4 is 35.5 Å². The molecule has 118 valence electrons. The van der Waals surface area contributed by atoms with Crippen molar-refractivity contribution in [3.05, 3.63) is 0 Å². The van der Waals surface area contributed by atoms with Crippen molar-refractivity contribution in [2.45, 2.75) is 74.5 Å². The molecule has 20 heavy (non-hydrogen) atoms. The summed E-state index contributed by atoms with van der Waals surface area (Å²) in [6.45, 7) is 2.96. The summed E-state index contributed by atoms with van der Waals surface area (Å²) >= 11 is 0. The average molecular weight is 338 g/mol. The zero-order chi connectivity index (χ0) is 14.5. The first-order valence-electron chi connectivity index (χ1n) is 7.90. The van der Waals surface area contributed by atoms with E-state index in [2.05, 4.69) is 12.2 Å². The number of hydrogen-bond donors (Lipinski definition) is 2. The third-order valence-corrected chi connectivity index (χ3v) is 15.2. The second kappa shape index (κ2) is 7.54. The van der Waals surface area contributed by atoms with E-state index in [0.29, 0.717) is 6.42 Å². The quantitative estimate of drug-likeness (QED) is 0.244. The van der Waals surface area contributed by atoms with Crippen LogP contribution >= 0.6 is 21.6 Å². The number of carbonyl (C=O) groups excluding carboxylic acids is 1. The summed E-state index contributed by atoms with van der Waals surface area (Å²) in [5.41, 5.74) is 0. The van der Waals surface area contributed by atoms with Gasteiger partial charge in [-0.25, -0.2) is 0 Å². The lowest BCUT2D eigenvalue weighted by atomic mass is 10.1. The van der Waals surface area contributed by atoms with Crippen LogP contribution in [0.1, 0.15) is 71.1 Å². The van der Waals surface area contributed by atoms with E-state index in [-0.39, 0.29) is 9.32 Å². The van der Waals surface area contributed by atoms with Crippen LogP contribution in [0.15, 0.2) is 0 Å². The first kappa shape index (κ1) is 16.7. The van der Waals surface area contributed by atoms with E-state index in [0.717, 1.165) is 38.6 Å². The van der Waals surface area contributed by atoms with E-state index in [4.69, 9.17) is 0 Å². The van der Waals surface area contributed by atoms with Gasteiger partial charge in [-0.1, -0.05) is 45.4 Å². The molecule has 2 rings (SSSR count). The summed E-state index contributed by atoms with van der Waals surface area (Å²) in [6, 6.07) is 0. The highest BCUT2D eigenvalue weighted by atomic mass is 33.6. The fraction of sp³-hybridized carbons (Fsp3) is 0.929. The fourth-order valence-electron chi connectivity index (χ4n) is 2.40. The standard InChI is InChI=1S/C14H27NO2S3/c1-2-3-12-15-13(16)10-8-6-4-5-7-9-11-14-18-20(14,17)19-14/h20H,2-12H2,1H3,(H,15,16). The lowest BCUT2D eigenvalue weighted by Gasteiger charge is -2.04. The molecule has 0 bridgehead atoms. The van der Waals surface area contributed by atoms with Crippen molar-refractivity contribution in [3.63, 3.8) is 0 Å². The maximum absolute atomic E-state index is 11.6. The SMILES string of the molecule is CCCCNC(=O)CCCCCCCCC12S[SH]1(=O)S2. The van der Waals surface area contributed by atoms with Crippen LogP contribution in [0.2, 0.25) is 0 Å². The summed E-state index contributed by atoms with van der Waals surface area (Å²) in [5, 5.41) is 2.96. The minimum atomic E-state index is -1.65. The Kier molecular flexibility index (Phi) is 6.29. The molecule has 0 aromatic rings. The molecule has 0 saturated carbocycles. The third-order valence-electron chi connectivity index (χ3n) is 3.88. The molecular weight excluding hydrogens is 310 g/mol. The Balaban J connectivity index is 1.32. The van der Waals surface area contributed by atoms with E-state index in [9.17, 15) is 9.00 Å². The Bertz CT molecular complexity index is 377. The predicted octanol–water partition coefficient (Wildman–Crippen LogP) is 4.02. The first-order valence-corrected chi connectivity index (χ1v) is 12.5. The number of rotatable bonds is 12. The van der Waals surface area contributed by atoms with E-state index in [1.54, 1.807) is 21.6 Å². The Morgan fingerprint density at radius 1 is 1.05 bits per heavy atom. The Morgan fingerprint density at radius 2 is 1.65 bits per heavy atom. The summed E-state index contributed by atoms with van der Waals surface area (Å²) < 4.78 is 11.8. The molecule has 2 aliphatic rings. The van der Waals surface area contributed by atoms with Crippen LogP contribution in [0.3, 0.4) is 0 Å². The van der Waals surface area contributed by atoms with Crippen molar-refractivity contribution < 1.29 is 9.00 Å². The maximum atomic E-state index is 11.6. The minimum absolute atomic E-state index is 0.213. The number of thiol groups is 1. The molecule has 1 amide bonds. The highest BCUT2D eigenvalue weighted by Crippen LogP contribution is 2.94. The van der Waals surface area contributed by atoms with Gasteiger partial charge in [0.05, 0.1) is 0 Å². The number of unbranched alkanes of at least 4 members (excludes halogenated alkanes) is 6. The van der Waals surface area contributed by atoms with Gasteiger partial charge in [0.2, 0.25) is 5.91 Å². The van der Waals surface area contributed by atoms with Crippen LogP contribution in [0.4, 0.5) is 0 Å².